The second-order valence-electron chi connectivity index (χ2n) is 10.3. The second-order valence-corrected chi connectivity index (χ2v) is 10.3. The highest BCUT2D eigenvalue weighted by atomic mass is 16.5. The number of rotatable bonds is 4. The van der Waals surface area contributed by atoms with E-state index in [1.165, 1.54) is 6.42 Å². The zero-order chi connectivity index (χ0) is 20.9. The standard InChI is InChI=1S/C24H38O4/c1-15-13-16(20(28-7)17(14-15)27-6)19(25)21-23(4)11-8-10-22(2,3)18(23)9-12-24(21,5)26/h13-14,18-19,21,25-26H,8-12H2,1-7H3/t18?,19-,21+,23-,24+/m0/s1. The first-order chi connectivity index (χ1) is 13.0. The van der Waals surface area contributed by atoms with Crippen LogP contribution in [-0.4, -0.2) is 30.0 Å². The van der Waals surface area contributed by atoms with Crippen LogP contribution in [0.25, 0.3) is 0 Å². The van der Waals surface area contributed by atoms with Gasteiger partial charge in [0, 0.05) is 11.5 Å². The lowest BCUT2D eigenvalue weighted by atomic mass is 9.44. The predicted octanol–water partition coefficient (Wildman–Crippen LogP) is 5.04. The van der Waals surface area contributed by atoms with Crippen LogP contribution in [0, 0.1) is 29.6 Å². The summed E-state index contributed by atoms with van der Waals surface area (Å²) >= 11 is 0. The normalized spacial score (nSPS) is 35.8. The largest absolute Gasteiger partial charge is 0.493 e. The molecule has 0 saturated heterocycles. The molecular weight excluding hydrogens is 352 g/mol. The molecule has 4 nitrogen and oxygen atoms in total. The van der Waals surface area contributed by atoms with Crippen LogP contribution >= 0.6 is 0 Å². The number of aliphatic hydroxyl groups is 2. The molecule has 0 bridgehead atoms. The Morgan fingerprint density at radius 1 is 1.04 bits per heavy atom. The summed E-state index contributed by atoms with van der Waals surface area (Å²) in [5.74, 6) is 1.40. The van der Waals surface area contributed by atoms with E-state index in [1.54, 1.807) is 14.2 Å². The lowest BCUT2D eigenvalue weighted by molar-refractivity contribution is -0.201. The third kappa shape index (κ3) is 3.33. The average molecular weight is 391 g/mol. The van der Waals surface area contributed by atoms with Crippen molar-refractivity contribution in [3.8, 4) is 11.5 Å². The molecule has 3 rings (SSSR count). The SMILES string of the molecule is COc1cc(C)cc([C@H](O)[C@@H]2[C@@]3(C)CCCC(C)(C)C3CC[C@@]2(C)O)c1OC. The molecule has 0 spiro atoms. The number of hydrogen-bond donors (Lipinski definition) is 2. The van der Waals surface area contributed by atoms with Crippen molar-refractivity contribution in [2.45, 2.75) is 78.4 Å². The second kappa shape index (κ2) is 7.21. The van der Waals surface area contributed by atoms with Crippen molar-refractivity contribution in [3.63, 3.8) is 0 Å². The van der Waals surface area contributed by atoms with Gasteiger partial charge in [-0.1, -0.05) is 27.2 Å². The van der Waals surface area contributed by atoms with Crippen molar-refractivity contribution in [1.29, 1.82) is 0 Å². The molecule has 0 amide bonds. The highest BCUT2D eigenvalue weighted by molar-refractivity contribution is 5.50. The van der Waals surface area contributed by atoms with Gasteiger partial charge in [-0.2, -0.15) is 0 Å². The van der Waals surface area contributed by atoms with Gasteiger partial charge in [-0.3, -0.25) is 0 Å². The predicted molar refractivity (Wildman–Crippen MR) is 112 cm³/mol. The van der Waals surface area contributed by atoms with Gasteiger partial charge in [-0.25, -0.2) is 0 Å². The van der Waals surface area contributed by atoms with Gasteiger partial charge < -0.3 is 19.7 Å². The average Bonchev–Trinajstić information content (AvgIpc) is 2.58. The van der Waals surface area contributed by atoms with Crippen LogP contribution in [0.2, 0.25) is 0 Å². The van der Waals surface area contributed by atoms with E-state index >= 15 is 0 Å². The molecule has 0 radical (unpaired) electrons. The Bertz CT molecular complexity index is 724. The molecule has 2 fully saturated rings. The first-order valence-corrected chi connectivity index (χ1v) is 10.6. The van der Waals surface area contributed by atoms with Crippen LogP contribution in [0.5, 0.6) is 11.5 Å². The molecule has 1 aromatic rings. The van der Waals surface area contributed by atoms with E-state index in [-0.39, 0.29) is 16.7 Å². The minimum Gasteiger partial charge on any atom is -0.493 e. The molecule has 28 heavy (non-hydrogen) atoms. The summed E-state index contributed by atoms with van der Waals surface area (Å²) in [6, 6.07) is 3.89. The zero-order valence-electron chi connectivity index (χ0n) is 18.6. The van der Waals surface area contributed by atoms with Gasteiger partial charge in [0.05, 0.1) is 25.9 Å². The zero-order valence-corrected chi connectivity index (χ0v) is 18.6. The number of methoxy groups -OCH3 is 2. The van der Waals surface area contributed by atoms with Crippen molar-refractivity contribution in [2.75, 3.05) is 14.2 Å². The first kappa shape index (κ1) is 21.4. The van der Waals surface area contributed by atoms with E-state index in [1.807, 2.05) is 26.0 Å². The highest BCUT2D eigenvalue weighted by Crippen LogP contribution is 2.64. The molecule has 0 aliphatic heterocycles. The molecule has 2 aliphatic carbocycles. The minimum atomic E-state index is -0.930. The van der Waals surface area contributed by atoms with Crippen LogP contribution in [0.15, 0.2) is 12.1 Å². The van der Waals surface area contributed by atoms with Crippen LogP contribution in [0.4, 0.5) is 0 Å². The molecule has 4 heteroatoms. The monoisotopic (exact) mass is 390 g/mol. The van der Waals surface area contributed by atoms with E-state index in [0.29, 0.717) is 23.8 Å². The van der Waals surface area contributed by atoms with Crippen LogP contribution in [0.1, 0.15) is 77.0 Å². The Hall–Kier alpha value is -1.26. The summed E-state index contributed by atoms with van der Waals surface area (Å²) in [7, 11) is 3.22. The number of ether oxygens (including phenoxy) is 2. The maximum Gasteiger partial charge on any atom is 0.166 e. The summed E-state index contributed by atoms with van der Waals surface area (Å²) in [4.78, 5) is 0. The molecule has 2 N–H and O–H groups in total. The molecule has 2 saturated carbocycles. The number of aliphatic hydroxyl groups excluding tert-OH is 1. The summed E-state index contributed by atoms with van der Waals surface area (Å²) in [6.07, 6.45) is 4.27. The summed E-state index contributed by atoms with van der Waals surface area (Å²) in [6.45, 7) is 10.9. The quantitative estimate of drug-likeness (QED) is 0.756. The summed E-state index contributed by atoms with van der Waals surface area (Å²) in [5.41, 5.74) is 0.878. The van der Waals surface area contributed by atoms with Crippen LogP contribution < -0.4 is 9.47 Å². The fourth-order valence-electron chi connectivity index (χ4n) is 6.80. The maximum atomic E-state index is 11.7. The van der Waals surface area contributed by atoms with Gasteiger partial charge in [0.1, 0.15) is 0 Å². The number of aryl methyl sites for hydroxylation is 1. The van der Waals surface area contributed by atoms with Crippen molar-refractivity contribution in [1.82, 2.24) is 0 Å². The van der Waals surface area contributed by atoms with Crippen LogP contribution in [0.3, 0.4) is 0 Å². The Labute approximate surface area is 170 Å². The Morgan fingerprint density at radius 2 is 1.71 bits per heavy atom. The molecule has 158 valence electrons. The molecule has 0 aromatic heterocycles. The maximum absolute atomic E-state index is 11.7. The van der Waals surface area contributed by atoms with Gasteiger partial charge in [0.25, 0.3) is 0 Å². The fourth-order valence-corrected chi connectivity index (χ4v) is 6.80. The molecule has 1 aromatic carbocycles. The molecule has 5 atom stereocenters. The molecular formula is C24H38O4. The van der Waals surface area contributed by atoms with Crippen molar-refractivity contribution >= 4 is 0 Å². The Balaban J connectivity index is 2.13. The third-order valence-electron chi connectivity index (χ3n) is 7.88. The van der Waals surface area contributed by atoms with Gasteiger partial charge in [-0.05, 0) is 74.0 Å². The van der Waals surface area contributed by atoms with E-state index in [9.17, 15) is 10.2 Å². The van der Waals surface area contributed by atoms with E-state index in [0.717, 1.165) is 30.4 Å². The van der Waals surface area contributed by atoms with Gasteiger partial charge in [0.15, 0.2) is 11.5 Å². The van der Waals surface area contributed by atoms with Crippen molar-refractivity contribution in [3.05, 3.63) is 23.3 Å². The molecule has 1 unspecified atom stereocenters. The third-order valence-corrected chi connectivity index (χ3v) is 7.88. The van der Waals surface area contributed by atoms with E-state index in [4.69, 9.17) is 9.47 Å². The van der Waals surface area contributed by atoms with Gasteiger partial charge >= 0.3 is 0 Å². The summed E-state index contributed by atoms with van der Waals surface area (Å²) in [5, 5.41) is 23.2. The lowest BCUT2D eigenvalue weighted by Gasteiger charge is -2.62. The summed E-state index contributed by atoms with van der Waals surface area (Å²) < 4.78 is 11.2. The number of benzene rings is 1. The van der Waals surface area contributed by atoms with E-state index < -0.39 is 11.7 Å². The Morgan fingerprint density at radius 3 is 2.32 bits per heavy atom. The fraction of sp³-hybridized carbons (Fsp3) is 0.750. The van der Waals surface area contributed by atoms with Gasteiger partial charge in [-0.15, -0.1) is 0 Å². The first-order valence-electron chi connectivity index (χ1n) is 10.6. The highest BCUT2D eigenvalue weighted by Gasteiger charge is 2.60. The van der Waals surface area contributed by atoms with Crippen molar-refractivity contribution < 1.29 is 19.7 Å². The van der Waals surface area contributed by atoms with Gasteiger partial charge in [0.2, 0.25) is 0 Å². The van der Waals surface area contributed by atoms with E-state index in [2.05, 4.69) is 20.8 Å². The molecule has 2 aliphatic rings. The smallest absolute Gasteiger partial charge is 0.166 e. The van der Waals surface area contributed by atoms with Crippen LogP contribution in [-0.2, 0) is 0 Å². The Kier molecular flexibility index (Phi) is 5.52. The number of hydrogen-bond acceptors (Lipinski definition) is 4. The lowest BCUT2D eigenvalue weighted by Crippen LogP contribution is -2.59. The topological polar surface area (TPSA) is 58.9 Å². The molecule has 0 heterocycles. The van der Waals surface area contributed by atoms with Crippen molar-refractivity contribution in [2.24, 2.45) is 22.7 Å². The number of fused-ring (bicyclic) bond motifs is 1. The minimum absolute atomic E-state index is 0.134.